The topological polar surface area (TPSA) is 65.0 Å². The van der Waals surface area contributed by atoms with Crippen molar-refractivity contribution >= 4 is 5.97 Å². The van der Waals surface area contributed by atoms with Gasteiger partial charge in [-0.25, -0.2) is 4.79 Å². The Labute approximate surface area is 87.6 Å². The SMILES string of the molecule is CC1(C)OC[C@@H](C2=CC(=O)O[C@@H]2CO)O1. The summed E-state index contributed by atoms with van der Waals surface area (Å²) in [5.41, 5.74) is 0.660. The van der Waals surface area contributed by atoms with Gasteiger partial charge < -0.3 is 19.3 Å². The lowest BCUT2D eigenvalue weighted by molar-refractivity contribution is -0.141. The highest BCUT2D eigenvalue weighted by Crippen LogP contribution is 2.30. The molecule has 0 aromatic heterocycles. The summed E-state index contributed by atoms with van der Waals surface area (Å²) < 4.78 is 15.8. The van der Waals surface area contributed by atoms with Gasteiger partial charge >= 0.3 is 5.97 Å². The molecular formula is C10H14O5. The third-order valence-corrected chi connectivity index (χ3v) is 2.46. The molecule has 2 aliphatic rings. The Hall–Kier alpha value is -0.910. The number of aliphatic hydroxyl groups excluding tert-OH is 1. The Balaban J connectivity index is 2.11. The monoisotopic (exact) mass is 214 g/mol. The fourth-order valence-corrected chi connectivity index (χ4v) is 1.77. The van der Waals surface area contributed by atoms with Crippen molar-refractivity contribution in [3.63, 3.8) is 0 Å². The van der Waals surface area contributed by atoms with Crippen LogP contribution in [0.25, 0.3) is 0 Å². The first-order valence-electron chi connectivity index (χ1n) is 4.86. The van der Waals surface area contributed by atoms with Gasteiger partial charge in [0.25, 0.3) is 0 Å². The van der Waals surface area contributed by atoms with Crippen LogP contribution in [0.1, 0.15) is 13.8 Å². The summed E-state index contributed by atoms with van der Waals surface area (Å²) in [5.74, 6) is -1.07. The first-order chi connectivity index (χ1) is 7.02. The molecule has 0 unspecified atom stereocenters. The zero-order chi connectivity index (χ0) is 11.1. The second-order valence-corrected chi connectivity index (χ2v) is 4.07. The van der Waals surface area contributed by atoms with E-state index in [0.29, 0.717) is 12.2 Å². The van der Waals surface area contributed by atoms with Crippen molar-refractivity contribution in [3.05, 3.63) is 11.6 Å². The number of ether oxygens (including phenoxy) is 3. The predicted octanol–water partition coefficient (Wildman–Crippen LogP) is -0.0180. The lowest BCUT2D eigenvalue weighted by Crippen LogP contribution is -2.27. The molecule has 0 aromatic carbocycles. The Morgan fingerprint density at radius 1 is 1.60 bits per heavy atom. The van der Waals surface area contributed by atoms with E-state index in [9.17, 15) is 4.79 Å². The molecule has 0 radical (unpaired) electrons. The van der Waals surface area contributed by atoms with E-state index >= 15 is 0 Å². The molecule has 2 atom stereocenters. The molecular weight excluding hydrogens is 200 g/mol. The van der Waals surface area contributed by atoms with Gasteiger partial charge in [0.2, 0.25) is 0 Å². The van der Waals surface area contributed by atoms with Gasteiger partial charge in [0.15, 0.2) is 5.79 Å². The summed E-state index contributed by atoms with van der Waals surface area (Å²) in [6.45, 7) is 3.77. The van der Waals surface area contributed by atoms with Gasteiger partial charge in [0.05, 0.1) is 13.2 Å². The average molecular weight is 214 g/mol. The summed E-state index contributed by atoms with van der Waals surface area (Å²) in [4.78, 5) is 11.0. The molecule has 2 rings (SSSR count). The van der Waals surface area contributed by atoms with E-state index in [2.05, 4.69) is 0 Å². The normalized spacial score (nSPS) is 34.1. The van der Waals surface area contributed by atoms with Crippen LogP contribution in [0.4, 0.5) is 0 Å². The highest BCUT2D eigenvalue weighted by molar-refractivity contribution is 5.86. The minimum absolute atomic E-state index is 0.224. The number of hydrogen-bond donors (Lipinski definition) is 1. The van der Waals surface area contributed by atoms with Crippen LogP contribution in [0.5, 0.6) is 0 Å². The number of carbonyl (C=O) groups is 1. The summed E-state index contributed by atoms with van der Waals surface area (Å²) in [7, 11) is 0. The van der Waals surface area contributed by atoms with Crippen LogP contribution in [0.2, 0.25) is 0 Å². The van der Waals surface area contributed by atoms with E-state index in [1.807, 2.05) is 0 Å². The summed E-state index contributed by atoms with van der Waals surface area (Å²) in [6, 6.07) is 0. The zero-order valence-electron chi connectivity index (χ0n) is 8.73. The molecule has 0 bridgehead atoms. The van der Waals surface area contributed by atoms with Crippen molar-refractivity contribution < 1.29 is 24.1 Å². The maximum Gasteiger partial charge on any atom is 0.331 e. The maximum atomic E-state index is 11.0. The maximum absolute atomic E-state index is 11.0. The smallest absolute Gasteiger partial charge is 0.331 e. The van der Waals surface area contributed by atoms with E-state index in [-0.39, 0.29) is 12.7 Å². The second-order valence-electron chi connectivity index (χ2n) is 4.07. The van der Waals surface area contributed by atoms with Gasteiger partial charge in [-0.3, -0.25) is 0 Å². The number of aliphatic hydroxyl groups is 1. The van der Waals surface area contributed by atoms with Crippen molar-refractivity contribution in [1.82, 2.24) is 0 Å². The third kappa shape index (κ3) is 2.04. The molecule has 0 aromatic rings. The molecule has 5 heteroatoms. The first-order valence-corrected chi connectivity index (χ1v) is 4.86. The van der Waals surface area contributed by atoms with Crippen molar-refractivity contribution in [1.29, 1.82) is 0 Å². The Morgan fingerprint density at radius 3 is 2.87 bits per heavy atom. The van der Waals surface area contributed by atoms with Crippen LogP contribution < -0.4 is 0 Å². The van der Waals surface area contributed by atoms with Gasteiger partial charge in [0.1, 0.15) is 12.2 Å². The van der Waals surface area contributed by atoms with Crippen LogP contribution in [0.3, 0.4) is 0 Å². The first kappa shape index (κ1) is 10.6. The summed E-state index contributed by atoms with van der Waals surface area (Å²) >= 11 is 0. The molecule has 5 nitrogen and oxygen atoms in total. The van der Waals surface area contributed by atoms with Gasteiger partial charge in [-0.15, -0.1) is 0 Å². The minimum atomic E-state index is -0.642. The Bertz CT molecular complexity index is 307. The quantitative estimate of drug-likeness (QED) is 0.654. The summed E-state index contributed by atoms with van der Waals surface area (Å²) in [5, 5.41) is 9.03. The van der Waals surface area contributed by atoms with Crippen molar-refractivity contribution in [2.45, 2.75) is 31.8 Å². The van der Waals surface area contributed by atoms with E-state index in [4.69, 9.17) is 19.3 Å². The molecule has 0 aliphatic carbocycles. The highest BCUT2D eigenvalue weighted by atomic mass is 16.7. The molecule has 15 heavy (non-hydrogen) atoms. The van der Waals surface area contributed by atoms with E-state index in [0.717, 1.165) is 0 Å². The van der Waals surface area contributed by atoms with Crippen LogP contribution in [0.15, 0.2) is 11.6 Å². The van der Waals surface area contributed by atoms with Crippen LogP contribution in [-0.4, -0.2) is 42.3 Å². The minimum Gasteiger partial charge on any atom is -0.452 e. The number of cyclic esters (lactones) is 1. The van der Waals surface area contributed by atoms with Crippen molar-refractivity contribution in [2.24, 2.45) is 0 Å². The lowest BCUT2D eigenvalue weighted by atomic mass is 10.1. The fourth-order valence-electron chi connectivity index (χ4n) is 1.77. The molecule has 0 amide bonds. The fraction of sp³-hybridized carbons (Fsp3) is 0.700. The highest BCUT2D eigenvalue weighted by Gasteiger charge is 2.40. The largest absolute Gasteiger partial charge is 0.452 e. The van der Waals surface area contributed by atoms with E-state index in [1.165, 1.54) is 6.08 Å². The van der Waals surface area contributed by atoms with Crippen molar-refractivity contribution in [2.75, 3.05) is 13.2 Å². The van der Waals surface area contributed by atoms with Crippen LogP contribution >= 0.6 is 0 Å². The predicted molar refractivity (Wildman–Crippen MR) is 50.0 cm³/mol. The molecule has 1 N–H and O–H groups in total. The molecule has 1 saturated heterocycles. The molecule has 2 heterocycles. The van der Waals surface area contributed by atoms with Gasteiger partial charge in [-0.05, 0) is 13.8 Å². The number of hydrogen-bond acceptors (Lipinski definition) is 5. The van der Waals surface area contributed by atoms with Gasteiger partial charge in [-0.2, -0.15) is 0 Å². The molecule has 84 valence electrons. The Morgan fingerprint density at radius 2 is 2.33 bits per heavy atom. The summed E-state index contributed by atoms with van der Waals surface area (Å²) in [6.07, 6.45) is 0.486. The van der Waals surface area contributed by atoms with Crippen LogP contribution in [-0.2, 0) is 19.0 Å². The van der Waals surface area contributed by atoms with E-state index in [1.54, 1.807) is 13.8 Å². The standard InChI is InChI=1S/C10H14O5/c1-10(2)13-5-8(15-10)6-3-9(12)14-7(6)4-11/h3,7-8,11H,4-5H2,1-2H3/t7-,8+/m1/s1. The van der Waals surface area contributed by atoms with Gasteiger partial charge in [0, 0.05) is 11.6 Å². The lowest BCUT2D eigenvalue weighted by Gasteiger charge is -2.19. The average Bonchev–Trinajstić information content (AvgIpc) is 2.68. The number of rotatable bonds is 2. The zero-order valence-corrected chi connectivity index (χ0v) is 8.73. The van der Waals surface area contributed by atoms with E-state index < -0.39 is 17.9 Å². The van der Waals surface area contributed by atoms with Crippen molar-refractivity contribution in [3.8, 4) is 0 Å². The molecule has 2 aliphatic heterocycles. The number of carbonyl (C=O) groups excluding carboxylic acids is 1. The third-order valence-electron chi connectivity index (χ3n) is 2.46. The van der Waals surface area contributed by atoms with Crippen LogP contribution in [0, 0.1) is 0 Å². The molecule has 1 fully saturated rings. The Kier molecular flexibility index (Phi) is 2.54. The van der Waals surface area contributed by atoms with Gasteiger partial charge in [-0.1, -0.05) is 0 Å². The second kappa shape index (κ2) is 3.59. The number of esters is 1. The molecule has 0 spiro atoms. The molecule has 0 saturated carbocycles.